The van der Waals surface area contributed by atoms with Gasteiger partial charge in [0.1, 0.15) is 6.10 Å². The zero-order valence-electron chi connectivity index (χ0n) is 26.0. The summed E-state index contributed by atoms with van der Waals surface area (Å²) >= 11 is 0. The van der Waals surface area contributed by atoms with Crippen LogP contribution in [0.3, 0.4) is 0 Å². The van der Waals surface area contributed by atoms with Gasteiger partial charge in [0.2, 0.25) is 0 Å². The SMILES string of the molecule is C[C@H]1[C@H](C)CC[C@]2(C(=O)O)CC[C@]3(C)C(=CC(=O)[C@@H]4[C@@]5(C)CC[C@H](OC(=O)CCC(=O)O)C(C)(C)[C@@H]5CC[C@]43C)[C@H]12. The van der Waals surface area contributed by atoms with E-state index in [1.54, 1.807) is 0 Å². The number of esters is 1. The average molecular weight is 571 g/mol. The van der Waals surface area contributed by atoms with E-state index < -0.39 is 23.3 Å². The van der Waals surface area contributed by atoms with Gasteiger partial charge in [-0.3, -0.25) is 19.2 Å². The van der Waals surface area contributed by atoms with Gasteiger partial charge in [-0.05, 0) is 97.4 Å². The Labute approximate surface area is 244 Å². The number of carboxylic acids is 2. The van der Waals surface area contributed by atoms with Gasteiger partial charge in [0, 0.05) is 11.3 Å². The maximum absolute atomic E-state index is 14.5. The summed E-state index contributed by atoms with van der Waals surface area (Å²) < 4.78 is 5.90. The summed E-state index contributed by atoms with van der Waals surface area (Å²) in [5.74, 6) is -1.54. The fourth-order valence-electron chi connectivity index (χ4n) is 11.3. The van der Waals surface area contributed by atoms with Crippen LogP contribution < -0.4 is 0 Å². The Bertz CT molecular complexity index is 1190. The maximum atomic E-state index is 14.5. The summed E-state index contributed by atoms with van der Waals surface area (Å²) in [5, 5.41) is 19.6. The second kappa shape index (κ2) is 9.67. The Morgan fingerprint density at radius 3 is 2.22 bits per heavy atom. The summed E-state index contributed by atoms with van der Waals surface area (Å²) in [6.07, 6.45) is 7.47. The van der Waals surface area contributed by atoms with Gasteiger partial charge in [0.15, 0.2) is 5.78 Å². The number of ether oxygens (including phenoxy) is 1. The van der Waals surface area contributed by atoms with Gasteiger partial charge in [-0.15, -0.1) is 0 Å². The van der Waals surface area contributed by atoms with E-state index in [0.29, 0.717) is 25.2 Å². The number of carboxylic acid groups (broad SMARTS) is 2. The quantitative estimate of drug-likeness (QED) is 0.354. The third-order valence-electron chi connectivity index (χ3n) is 13.9. The van der Waals surface area contributed by atoms with E-state index in [-0.39, 0.29) is 70.1 Å². The molecule has 2 N–H and O–H groups in total. The molecule has 4 saturated carbocycles. The largest absolute Gasteiger partial charge is 0.481 e. The number of carbonyl (C=O) groups excluding carboxylic acids is 2. The van der Waals surface area contributed by atoms with Crippen LogP contribution in [-0.4, -0.2) is 40.0 Å². The minimum atomic E-state index is -1.01. The molecule has 0 unspecified atom stereocenters. The van der Waals surface area contributed by atoms with Gasteiger partial charge in [-0.25, -0.2) is 0 Å². The molecule has 0 spiro atoms. The van der Waals surface area contributed by atoms with Crippen LogP contribution in [0, 0.1) is 56.7 Å². The van der Waals surface area contributed by atoms with Crippen LogP contribution in [0.5, 0.6) is 0 Å². The normalized spacial score (nSPS) is 46.6. The molecule has 228 valence electrons. The van der Waals surface area contributed by atoms with Crippen molar-refractivity contribution in [3.05, 3.63) is 11.6 Å². The lowest BCUT2D eigenvalue weighted by molar-refractivity contribution is -0.212. The van der Waals surface area contributed by atoms with E-state index in [1.807, 2.05) is 6.08 Å². The van der Waals surface area contributed by atoms with Gasteiger partial charge < -0.3 is 14.9 Å². The molecule has 5 rings (SSSR count). The lowest BCUT2D eigenvalue weighted by Crippen LogP contribution is -2.67. The van der Waals surface area contributed by atoms with Crippen LogP contribution in [0.1, 0.15) is 113 Å². The Morgan fingerprint density at radius 1 is 0.902 bits per heavy atom. The summed E-state index contributed by atoms with van der Waals surface area (Å²) in [6.45, 7) is 15.7. The van der Waals surface area contributed by atoms with Crippen LogP contribution in [-0.2, 0) is 23.9 Å². The monoisotopic (exact) mass is 570 g/mol. The highest BCUT2D eigenvalue weighted by Gasteiger charge is 2.71. The van der Waals surface area contributed by atoms with Crippen LogP contribution in [0.15, 0.2) is 11.6 Å². The van der Waals surface area contributed by atoms with Gasteiger partial charge >= 0.3 is 17.9 Å². The molecule has 0 aliphatic heterocycles. The fourth-order valence-corrected chi connectivity index (χ4v) is 11.3. The number of allylic oxidation sites excluding steroid dienone is 2. The molecule has 7 nitrogen and oxygen atoms in total. The Balaban J connectivity index is 1.51. The van der Waals surface area contributed by atoms with Crippen molar-refractivity contribution in [2.75, 3.05) is 0 Å². The lowest BCUT2D eigenvalue weighted by Gasteiger charge is -2.70. The molecule has 0 amide bonds. The van der Waals surface area contributed by atoms with Crippen molar-refractivity contribution in [3.8, 4) is 0 Å². The number of carbonyl (C=O) groups is 4. The van der Waals surface area contributed by atoms with Crippen molar-refractivity contribution in [1.29, 1.82) is 0 Å². The molecule has 0 aromatic carbocycles. The molecular weight excluding hydrogens is 520 g/mol. The maximum Gasteiger partial charge on any atom is 0.310 e. The third kappa shape index (κ3) is 4.10. The molecule has 41 heavy (non-hydrogen) atoms. The average Bonchev–Trinajstić information content (AvgIpc) is 2.87. The van der Waals surface area contributed by atoms with Crippen LogP contribution >= 0.6 is 0 Å². The molecule has 5 aliphatic carbocycles. The van der Waals surface area contributed by atoms with Crippen molar-refractivity contribution < 1.29 is 34.1 Å². The number of aliphatic carboxylic acids is 2. The van der Waals surface area contributed by atoms with Gasteiger partial charge in [-0.1, -0.05) is 54.0 Å². The minimum absolute atomic E-state index is 0.118. The van der Waals surface area contributed by atoms with Crippen LogP contribution in [0.2, 0.25) is 0 Å². The van der Waals surface area contributed by atoms with Gasteiger partial charge in [0.25, 0.3) is 0 Å². The highest BCUT2D eigenvalue weighted by atomic mass is 16.5. The highest BCUT2D eigenvalue weighted by Crippen LogP contribution is 2.75. The van der Waals surface area contributed by atoms with Crippen molar-refractivity contribution in [1.82, 2.24) is 0 Å². The number of hydrogen-bond acceptors (Lipinski definition) is 5. The third-order valence-corrected chi connectivity index (χ3v) is 13.9. The number of ketones is 1. The van der Waals surface area contributed by atoms with Gasteiger partial charge in [0.05, 0.1) is 18.3 Å². The molecule has 10 atom stereocenters. The minimum Gasteiger partial charge on any atom is -0.481 e. The van der Waals surface area contributed by atoms with Crippen LogP contribution in [0.25, 0.3) is 0 Å². The molecule has 0 aromatic heterocycles. The summed E-state index contributed by atoms with van der Waals surface area (Å²) in [6, 6.07) is 0. The van der Waals surface area contributed by atoms with E-state index in [9.17, 15) is 24.3 Å². The molecule has 4 fully saturated rings. The topological polar surface area (TPSA) is 118 Å². The first kappa shape index (κ1) is 30.3. The van der Waals surface area contributed by atoms with Crippen molar-refractivity contribution >= 4 is 23.7 Å². The molecule has 0 saturated heterocycles. The first-order chi connectivity index (χ1) is 19.0. The second-order valence-corrected chi connectivity index (χ2v) is 15.8. The Kier molecular flexibility index (Phi) is 7.14. The van der Waals surface area contributed by atoms with Crippen LogP contribution in [0.4, 0.5) is 0 Å². The summed E-state index contributed by atoms with van der Waals surface area (Å²) in [5.41, 5.74) is -0.862. The molecular formula is C34H50O7. The molecule has 0 radical (unpaired) electrons. The molecule has 0 aromatic rings. The standard InChI is InChI=1S/C34H50O7/c1-19-10-15-34(29(39)40)17-16-32(6)21(27(34)20(19)2)18-22(35)28-31(5)13-12-24(41-26(38)9-8-25(36)37)30(3,4)23(31)11-14-33(28,32)7/h18-20,23-24,27-28H,8-17H2,1-7H3,(H,36,37)(H,39,40)/t19-,20+,23+,24+,27+,28-,31+,32-,33-,34+/m1/s1. The van der Waals surface area contributed by atoms with Gasteiger partial charge in [-0.2, -0.15) is 0 Å². The number of rotatable bonds is 5. The van der Waals surface area contributed by atoms with Crippen molar-refractivity contribution in [2.24, 2.45) is 56.7 Å². The lowest BCUT2D eigenvalue weighted by atomic mass is 9.33. The Morgan fingerprint density at radius 2 is 1.59 bits per heavy atom. The number of hydrogen-bond donors (Lipinski definition) is 2. The van der Waals surface area contributed by atoms with E-state index >= 15 is 0 Å². The molecule has 5 aliphatic rings. The highest BCUT2D eigenvalue weighted by molar-refractivity contribution is 5.96. The predicted octanol–water partition coefficient (Wildman–Crippen LogP) is 6.68. The summed E-state index contributed by atoms with van der Waals surface area (Å²) in [4.78, 5) is 50.9. The summed E-state index contributed by atoms with van der Waals surface area (Å²) in [7, 11) is 0. The van der Waals surface area contributed by atoms with Crippen molar-refractivity contribution in [3.63, 3.8) is 0 Å². The molecule has 7 heteroatoms. The van der Waals surface area contributed by atoms with E-state index in [4.69, 9.17) is 9.84 Å². The van der Waals surface area contributed by atoms with E-state index in [1.165, 1.54) is 0 Å². The molecule has 0 bridgehead atoms. The zero-order valence-corrected chi connectivity index (χ0v) is 26.0. The van der Waals surface area contributed by atoms with Crippen molar-refractivity contribution in [2.45, 2.75) is 119 Å². The predicted molar refractivity (Wildman–Crippen MR) is 154 cm³/mol. The smallest absolute Gasteiger partial charge is 0.310 e. The van der Waals surface area contributed by atoms with E-state index in [2.05, 4.69) is 48.5 Å². The second-order valence-electron chi connectivity index (χ2n) is 15.8. The molecule has 0 heterocycles. The zero-order chi connectivity index (χ0) is 30.3. The fraction of sp³-hybridized carbons (Fsp3) is 0.824. The van der Waals surface area contributed by atoms with E-state index in [0.717, 1.165) is 37.7 Å². The first-order valence-electron chi connectivity index (χ1n) is 15.9. The Hall–Kier alpha value is -2.18. The first-order valence-corrected chi connectivity index (χ1v) is 15.9. The number of fused-ring (bicyclic) bond motifs is 7.